The van der Waals surface area contributed by atoms with Gasteiger partial charge in [-0.05, 0) is 36.6 Å². The number of benzene rings is 1. The van der Waals surface area contributed by atoms with Gasteiger partial charge in [0, 0.05) is 0 Å². The third-order valence-corrected chi connectivity index (χ3v) is 3.72. The molecule has 0 bridgehead atoms. The molecule has 0 heterocycles. The molecule has 0 aliphatic rings. The predicted molar refractivity (Wildman–Crippen MR) is 100 cm³/mol. The van der Waals surface area contributed by atoms with E-state index >= 15 is 0 Å². The first-order chi connectivity index (χ1) is 13.3. The number of carboxylic acid groups (broad SMARTS) is 2. The van der Waals surface area contributed by atoms with E-state index in [9.17, 15) is 24.3 Å². The molecule has 0 radical (unpaired) electrons. The van der Waals surface area contributed by atoms with E-state index in [0.29, 0.717) is 12.8 Å². The summed E-state index contributed by atoms with van der Waals surface area (Å²) in [4.78, 5) is 47.0. The summed E-state index contributed by atoms with van der Waals surface area (Å²) < 4.78 is 10.1. The monoisotopic (exact) mass is 392 g/mol. The first-order valence-corrected chi connectivity index (χ1v) is 8.98. The van der Waals surface area contributed by atoms with Crippen LogP contribution in [0.15, 0.2) is 23.8 Å². The summed E-state index contributed by atoms with van der Waals surface area (Å²) >= 11 is 0. The van der Waals surface area contributed by atoms with Gasteiger partial charge in [0.25, 0.3) is 0 Å². The Bertz CT molecular complexity index is 739. The van der Waals surface area contributed by atoms with Gasteiger partial charge < -0.3 is 19.7 Å². The first kappa shape index (κ1) is 22.9. The normalized spacial score (nSPS) is 10.1. The van der Waals surface area contributed by atoms with Crippen molar-refractivity contribution in [1.29, 1.82) is 0 Å². The lowest BCUT2D eigenvalue weighted by atomic mass is 10.0. The van der Waals surface area contributed by atoms with Crippen molar-refractivity contribution in [2.45, 2.75) is 39.5 Å². The van der Waals surface area contributed by atoms with Crippen molar-refractivity contribution in [2.75, 3.05) is 13.2 Å². The molecule has 8 heteroatoms. The van der Waals surface area contributed by atoms with Crippen LogP contribution in [-0.2, 0) is 19.1 Å². The fourth-order valence-corrected chi connectivity index (χ4v) is 2.16. The van der Waals surface area contributed by atoms with Crippen molar-refractivity contribution in [1.82, 2.24) is 0 Å². The van der Waals surface area contributed by atoms with Crippen LogP contribution in [0.25, 0.3) is 6.08 Å². The standard InChI is InChI=1S/C20H24O8/c1-3-5-9-27-19(25)16(20(26)28-10-6-4-2)12-13-7-8-14(17(21)22)15(11-13)18(23)24/h7-8,11-12H,3-6,9-10H2,1-2H3,(H,21,22)(H,23,24). The van der Waals surface area contributed by atoms with Crippen molar-refractivity contribution >= 4 is 30.0 Å². The average Bonchev–Trinajstić information content (AvgIpc) is 2.65. The van der Waals surface area contributed by atoms with Gasteiger partial charge in [0.05, 0.1) is 24.3 Å². The van der Waals surface area contributed by atoms with Crippen molar-refractivity contribution < 1.29 is 38.9 Å². The SMILES string of the molecule is CCCCOC(=O)C(=Cc1ccc(C(=O)O)c(C(=O)O)c1)C(=O)OCCCC. The summed E-state index contributed by atoms with van der Waals surface area (Å²) in [7, 11) is 0. The zero-order valence-corrected chi connectivity index (χ0v) is 15.9. The van der Waals surface area contributed by atoms with Gasteiger partial charge in [-0.1, -0.05) is 32.8 Å². The second-order valence-corrected chi connectivity index (χ2v) is 5.95. The Kier molecular flexibility index (Phi) is 9.42. The Morgan fingerprint density at radius 2 is 1.36 bits per heavy atom. The number of aromatic carboxylic acids is 2. The van der Waals surface area contributed by atoms with Gasteiger partial charge in [0.1, 0.15) is 5.57 Å². The maximum absolute atomic E-state index is 12.3. The highest BCUT2D eigenvalue weighted by Gasteiger charge is 2.23. The van der Waals surface area contributed by atoms with Crippen LogP contribution in [0.3, 0.4) is 0 Å². The summed E-state index contributed by atoms with van der Waals surface area (Å²) in [5.41, 5.74) is -1.08. The fraction of sp³-hybridized carbons (Fsp3) is 0.400. The fourth-order valence-electron chi connectivity index (χ4n) is 2.16. The van der Waals surface area contributed by atoms with Crippen molar-refractivity contribution in [3.63, 3.8) is 0 Å². The van der Waals surface area contributed by atoms with Crippen LogP contribution in [-0.4, -0.2) is 47.3 Å². The number of hydrogen-bond acceptors (Lipinski definition) is 6. The minimum absolute atomic E-state index is 0.132. The summed E-state index contributed by atoms with van der Waals surface area (Å²) in [6.07, 6.45) is 3.99. The Morgan fingerprint density at radius 1 is 0.857 bits per heavy atom. The van der Waals surface area contributed by atoms with Gasteiger partial charge in [-0.25, -0.2) is 19.2 Å². The number of unbranched alkanes of at least 4 members (excludes halogenated alkanes) is 2. The molecule has 28 heavy (non-hydrogen) atoms. The minimum Gasteiger partial charge on any atom is -0.478 e. The van der Waals surface area contributed by atoms with Crippen molar-refractivity contribution in [2.24, 2.45) is 0 Å². The predicted octanol–water partition coefficient (Wildman–Crippen LogP) is 3.15. The smallest absolute Gasteiger partial charge is 0.345 e. The minimum atomic E-state index is -1.44. The number of rotatable bonds is 11. The molecular weight excluding hydrogens is 368 g/mol. The lowest BCUT2D eigenvalue weighted by molar-refractivity contribution is -0.147. The molecule has 1 aromatic carbocycles. The number of carbonyl (C=O) groups excluding carboxylic acids is 2. The molecule has 0 aliphatic heterocycles. The number of esters is 2. The molecular formula is C20H24O8. The van der Waals surface area contributed by atoms with E-state index in [2.05, 4.69) is 0 Å². The highest BCUT2D eigenvalue weighted by Crippen LogP contribution is 2.17. The average molecular weight is 392 g/mol. The molecule has 152 valence electrons. The Morgan fingerprint density at radius 3 is 1.79 bits per heavy atom. The van der Waals surface area contributed by atoms with E-state index in [1.165, 1.54) is 6.07 Å². The van der Waals surface area contributed by atoms with Crippen LogP contribution in [0.4, 0.5) is 0 Å². The zero-order valence-electron chi connectivity index (χ0n) is 15.9. The number of hydrogen-bond donors (Lipinski definition) is 2. The summed E-state index contributed by atoms with van der Waals surface area (Å²) in [5, 5.41) is 18.3. The Balaban J connectivity index is 3.23. The molecule has 0 aliphatic carbocycles. The summed E-state index contributed by atoms with van der Waals surface area (Å²) in [6, 6.07) is 3.47. The van der Waals surface area contributed by atoms with Gasteiger partial charge >= 0.3 is 23.9 Å². The maximum Gasteiger partial charge on any atom is 0.345 e. The number of ether oxygens (including phenoxy) is 2. The second kappa shape index (κ2) is 11.5. The topological polar surface area (TPSA) is 127 Å². The maximum atomic E-state index is 12.3. The third kappa shape index (κ3) is 6.86. The Hall–Kier alpha value is -3.16. The Labute approximate surface area is 162 Å². The van der Waals surface area contributed by atoms with Gasteiger partial charge in [-0.3, -0.25) is 0 Å². The third-order valence-electron chi connectivity index (χ3n) is 3.72. The molecule has 0 saturated heterocycles. The van der Waals surface area contributed by atoms with E-state index in [1.807, 2.05) is 13.8 Å². The zero-order chi connectivity index (χ0) is 21.1. The van der Waals surface area contributed by atoms with Crippen LogP contribution >= 0.6 is 0 Å². The van der Waals surface area contributed by atoms with Gasteiger partial charge in [0.15, 0.2) is 0 Å². The second-order valence-electron chi connectivity index (χ2n) is 5.95. The lowest BCUT2D eigenvalue weighted by Crippen LogP contribution is -2.19. The molecule has 0 atom stereocenters. The number of carboxylic acids is 2. The molecule has 0 spiro atoms. The molecule has 1 aromatic rings. The van der Waals surface area contributed by atoms with Crippen LogP contribution in [0.5, 0.6) is 0 Å². The van der Waals surface area contributed by atoms with Crippen LogP contribution in [0, 0.1) is 0 Å². The molecule has 0 unspecified atom stereocenters. The molecule has 8 nitrogen and oxygen atoms in total. The molecule has 0 fully saturated rings. The highest BCUT2D eigenvalue weighted by molar-refractivity contribution is 6.17. The van der Waals surface area contributed by atoms with Crippen LogP contribution in [0.2, 0.25) is 0 Å². The summed E-state index contributed by atoms with van der Waals surface area (Å²) in [5.74, 6) is -4.60. The van der Waals surface area contributed by atoms with E-state index < -0.39 is 35.0 Å². The molecule has 2 N–H and O–H groups in total. The molecule has 0 aromatic heterocycles. The quantitative estimate of drug-likeness (QED) is 0.193. The molecule has 0 saturated carbocycles. The van der Waals surface area contributed by atoms with Gasteiger partial charge in [0.2, 0.25) is 0 Å². The van der Waals surface area contributed by atoms with E-state index in [4.69, 9.17) is 14.6 Å². The van der Waals surface area contributed by atoms with Gasteiger partial charge in [-0.2, -0.15) is 0 Å². The number of carbonyl (C=O) groups is 4. The summed E-state index contributed by atoms with van der Waals surface area (Å²) in [6.45, 7) is 4.10. The van der Waals surface area contributed by atoms with E-state index in [-0.39, 0.29) is 24.4 Å². The molecule has 1 rings (SSSR count). The van der Waals surface area contributed by atoms with Crippen LogP contribution in [0.1, 0.15) is 65.8 Å². The largest absolute Gasteiger partial charge is 0.478 e. The van der Waals surface area contributed by atoms with Crippen molar-refractivity contribution in [3.05, 3.63) is 40.5 Å². The highest BCUT2D eigenvalue weighted by atomic mass is 16.6. The van der Waals surface area contributed by atoms with Gasteiger partial charge in [-0.15, -0.1) is 0 Å². The van der Waals surface area contributed by atoms with E-state index in [0.717, 1.165) is 31.1 Å². The van der Waals surface area contributed by atoms with Crippen molar-refractivity contribution in [3.8, 4) is 0 Å². The first-order valence-electron chi connectivity index (χ1n) is 8.98. The van der Waals surface area contributed by atoms with Crippen LogP contribution < -0.4 is 0 Å². The lowest BCUT2D eigenvalue weighted by Gasteiger charge is -2.09. The van der Waals surface area contributed by atoms with E-state index in [1.54, 1.807) is 0 Å². The molecule has 0 amide bonds.